The molecular formula is C12H27N3O2. The third-order valence-electron chi connectivity index (χ3n) is 3.36. The van der Waals surface area contributed by atoms with E-state index in [0.29, 0.717) is 18.5 Å². The molecule has 17 heavy (non-hydrogen) atoms. The fraction of sp³-hybridized carbons (Fsp3) is 1.00. The standard InChI is InChI=1S/C12H27N3O2/c13-3-5-15-9-11(2-7-17)8-12(10-15)14-4-1-6-16/h11-12,14,16-17H,1-10,13H2. The highest BCUT2D eigenvalue weighted by atomic mass is 16.3. The summed E-state index contributed by atoms with van der Waals surface area (Å²) < 4.78 is 0. The van der Waals surface area contributed by atoms with Crippen molar-refractivity contribution in [3.05, 3.63) is 0 Å². The van der Waals surface area contributed by atoms with Crippen LogP contribution in [-0.4, -0.2) is 67.1 Å². The second-order valence-electron chi connectivity index (χ2n) is 4.89. The van der Waals surface area contributed by atoms with E-state index in [9.17, 15) is 0 Å². The molecule has 1 fully saturated rings. The van der Waals surface area contributed by atoms with E-state index in [1.807, 2.05) is 0 Å². The van der Waals surface area contributed by atoms with E-state index in [1.54, 1.807) is 0 Å². The Morgan fingerprint density at radius 1 is 1.24 bits per heavy atom. The average Bonchev–Trinajstić information content (AvgIpc) is 2.30. The van der Waals surface area contributed by atoms with Crippen molar-refractivity contribution < 1.29 is 10.2 Å². The number of hydrogen-bond acceptors (Lipinski definition) is 5. The maximum atomic E-state index is 9.04. The van der Waals surface area contributed by atoms with Gasteiger partial charge in [-0.2, -0.15) is 0 Å². The second kappa shape index (κ2) is 8.83. The average molecular weight is 245 g/mol. The molecule has 0 aromatic rings. The summed E-state index contributed by atoms with van der Waals surface area (Å²) in [5.41, 5.74) is 5.60. The molecule has 0 aromatic carbocycles. The Morgan fingerprint density at radius 3 is 2.71 bits per heavy atom. The lowest BCUT2D eigenvalue weighted by atomic mass is 9.91. The number of aliphatic hydroxyl groups excluding tert-OH is 2. The van der Waals surface area contributed by atoms with Crippen LogP contribution in [0, 0.1) is 5.92 Å². The van der Waals surface area contributed by atoms with E-state index in [0.717, 1.165) is 45.4 Å². The van der Waals surface area contributed by atoms with Gasteiger partial charge in [-0.05, 0) is 31.7 Å². The molecule has 0 bridgehead atoms. The monoisotopic (exact) mass is 245 g/mol. The Bertz CT molecular complexity index is 179. The van der Waals surface area contributed by atoms with Crippen LogP contribution >= 0.6 is 0 Å². The first-order chi connectivity index (χ1) is 8.30. The van der Waals surface area contributed by atoms with Gasteiger partial charge in [0.2, 0.25) is 0 Å². The lowest BCUT2D eigenvalue weighted by Crippen LogP contribution is -2.50. The minimum Gasteiger partial charge on any atom is -0.396 e. The van der Waals surface area contributed by atoms with Crippen molar-refractivity contribution >= 4 is 0 Å². The highest BCUT2D eigenvalue weighted by Crippen LogP contribution is 2.19. The molecule has 1 heterocycles. The minimum absolute atomic E-state index is 0.242. The smallest absolute Gasteiger partial charge is 0.0443 e. The van der Waals surface area contributed by atoms with E-state index in [2.05, 4.69) is 10.2 Å². The quantitative estimate of drug-likeness (QED) is 0.412. The summed E-state index contributed by atoms with van der Waals surface area (Å²) in [6.45, 7) is 5.08. The van der Waals surface area contributed by atoms with Crippen molar-refractivity contribution in [1.29, 1.82) is 0 Å². The molecule has 0 radical (unpaired) electrons. The predicted molar refractivity (Wildman–Crippen MR) is 68.8 cm³/mol. The van der Waals surface area contributed by atoms with E-state index in [1.165, 1.54) is 0 Å². The molecule has 1 saturated heterocycles. The van der Waals surface area contributed by atoms with Gasteiger partial charge in [0, 0.05) is 45.4 Å². The molecule has 2 atom stereocenters. The van der Waals surface area contributed by atoms with Gasteiger partial charge in [0.1, 0.15) is 0 Å². The molecular weight excluding hydrogens is 218 g/mol. The number of nitrogens with two attached hydrogens (primary N) is 1. The van der Waals surface area contributed by atoms with E-state index < -0.39 is 0 Å². The summed E-state index contributed by atoms with van der Waals surface area (Å²) in [4.78, 5) is 2.38. The largest absolute Gasteiger partial charge is 0.396 e. The third-order valence-corrected chi connectivity index (χ3v) is 3.36. The normalized spacial score (nSPS) is 26.3. The Balaban J connectivity index is 2.35. The van der Waals surface area contributed by atoms with Crippen molar-refractivity contribution in [2.24, 2.45) is 11.7 Å². The molecule has 0 aromatic heterocycles. The highest BCUT2D eigenvalue weighted by Gasteiger charge is 2.25. The van der Waals surface area contributed by atoms with Gasteiger partial charge in [-0.15, -0.1) is 0 Å². The van der Waals surface area contributed by atoms with Crippen molar-refractivity contribution in [2.45, 2.75) is 25.3 Å². The van der Waals surface area contributed by atoms with Gasteiger partial charge < -0.3 is 26.2 Å². The number of nitrogens with one attached hydrogen (secondary N) is 1. The zero-order chi connectivity index (χ0) is 12.5. The van der Waals surface area contributed by atoms with Crippen molar-refractivity contribution in [2.75, 3.05) is 45.9 Å². The van der Waals surface area contributed by atoms with E-state index in [-0.39, 0.29) is 13.2 Å². The van der Waals surface area contributed by atoms with Gasteiger partial charge in [0.15, 0.2) is 0 Å². The van der Waals surface area contributed by atoms with E-state index >= 15 is 0 Å². The molecule has 1 rings (SSSR count). The predicted octanol–water partition coefficient (Wildman–Crippen LogP) is -1.01. The first-order valence-electron chi connectivity index (χ1n) is 6.67. The second-order valence-corrected chi connectivity index (χ2v) is 4.89. The number of rotatable bonds is 8. The molecule has 5 heteroatoms. The Hall–Kier alpha value is -0.200. The maximum Gasteiger partial charge on any atom is 0.0443 e. The molecule has 1 aliphatic heterocycles. The Morgan fingerprint density at radius 2 is 2.06 bits per heavy atom. The molecule has 0 spiro atoms. The summed E-state index contributed by atoms with van der Waals surface area (Å²) in [5.74, 6) is 0.562. The zero-order valence-electron chi connectivity index (χ0n) is 10.6. The molecule has 1 aliphatic rings. The van der Waals surface area contributed by atoms with Gasteiger partial charge in [0.25, 0.3) is 0 Å². The van der Waals surface area contributed by atoms with E-state index in [4.69, 9.17) is 15.9 Å². The molecule has 0 saturated carbocycles. The topological polar surface area (TPSA) is 81.8 Å². The lowest BCUT2D eigenvalue weighted by molar-refractivity contribution is 0.123. The van der Waals surface area contributed by atoms with Gasteiger partial charge in [0.05, 0.1) is 0 Å². The van der Waals surface area contributed by atoms with Crippen LogP contribution in [-0.2, 0) is 0 Å². The number of likely N-dealkylation sites (tertiary alicyclic amines) is 1. The first-order valence-corrected chi connectivity index (χ1v) is 6.67. The molecule has 2 unspecified atom stereocenters. The van der Waals surface area contributed by atoms with Crippen LogP contribution in [0.15, 0.2) is 0 Å². The summed E-state index contributed by atoms with van der Waals surface area (Å²) in [5, 5.41) is 21.3. The number of nitrogens with zero attached hydrogens (tertiary/aromatic N) is 1. The number of aliphatic hydroxyl groups is 2. The Labute approximate surface area is 104 Å². The summed E-state index contributed by atoms with van der Waals surface area (Å²) >= 11 is 0. The lowest BCUT2D eigenvalue weighted by Gasteiger charge is -2.38. The summed E-state index contributed by atoms with van der Waals surface area (Å²) in [6, 6.07) is 0.471. The highest BCUT2D eigenvalue weighted by molar-refractivity contribution is 4.83. The van der Waals surface area contributed by atoms with Crippen LogP contribution in [0.3, 0.4) is 0 Å². The van der Waals surface area contributed by atoms with Crippen LogP contribution in [0.4, 0.5) is 0 Å². The van der Waals surface area contributed by atoms with Crippen LogP contribution in [0.5, 0.6) is 0 Å². The third kappa shape index (κ3) is 5.79. The summed E-state index contributed by atoms with van der Waals surface area (Å²) in [6.07, 6.45) is 2.80. The van der Waals surface area contributed by atoms with Crippen molar-refractivity contribution in [3.8, 4) is 0 Å². The van der Waals surface area contributed by atoms with Gasteiger partial charge in [-0.1, -0.05) is 0 Å². The molecule has 5 N–H and O–H groups in total. The van der Waals surface area contributed by atoms with Crippen LogP contribution in [0.25, 0.3) is 0 Å². The summed E-state index contributed by atoms with van der Waals surface area (Å²) in [7, 11) is 0. The van der Waals surface area contributed by atoms with Gasteiger partial charge in [-0.25, -0.2) is 0 Å². The van der Waals surface area contributed by atoms with Gasteiger partial charge >= 0.3 is 0 Å². The van der Waals surface area contributed by atoms with Crippen molar-refractivity contribution in [3.63, 3.8) is 0 Å². The number of piperidine rings is 1. The Kier molecular flexibility index (Phi) is 7.72. The van der Waals surface area contributed by atoms with Crippen LogP contribution in [0.1, 0.15) is 19.3 Å². The zero-order valence-corrected chi connectivity index (χ0v) is 10.6. The maximum absolute atomic E-state index is 9.04. The fourth-order valence-corrected chi connectivity index (χ4v) is 2.59. The van der Waals surface area contributed by atoms with Crippen LogP contribution < -0.4 is 11.1 Å². The molecule has 5 nitrogen and oxygen atoms in total. The van der Waals surface area contributed by atoms with Crippen molar-refractivity contribution in [1.82, 2.24) is 10.2 Å². The number of hydrogen-bond donors (Lipinski definition) is 4. The molecule has 0 amide bonds. The first kappa shape index (κ1) is 14.9. The molecule has 0 aliphatic carbocycles. The fourth-order valence-electron chi connectivity index (χ4n) is 2.59. The van der Waals surface area contributed by atoms with Gasteiger partial charge in [-0.3, -0.25) is 0 Å². The molecule has 102 valence electrons. The minimum atomic E-state index is 0.242. The SMILES string of the molecule is NCCN1CC(CCO)CC(NCCCO)C1. The van der Waals surface area contributed by atoms with Crippen LogP contribution in [0.2, 0.25) is 0 Å².